The molecule has 0 saturated carbocycles. The van der Waals surface area contributed by atoms with Crippen molar-refractivity contribution >= 4 is 75.9 Å². The van der Waals surface area contributed by atoms with E-state index < -0.39 is 0 Å². The molecule has 0 fully saturated rings. The number of hydrogen-bond acceptors (Lipinski definition) is 5. The van der Waals surface area contributed by atoms with Crippen LogP contribution in [0.5, 0.6) is 0 Å². The largest absolute Gasteiger partial charge is 0.456 e. The van der Waals surface area contributed by atoms with E-state index in [1.807, 2.05) is 59.9 Å². The van der Waals surface area contributed by atoms with Crippen LogP contribution < -0.4 is 0 Å². The maximum absolute atomic E-state index is 6.54. The molecular formula is C52H33N3OS. The fourth-order valence-electron chi connectivity index (χ4n) is 8.01. The predicted molar refractivity (Wildman–Crippen MR) is 238 cm³/mol. The number of thiophene rings is 1. The Morgan fingerprint density at radius 1 is 0.526 bits per heavy atom. The zero-order valence-corrected chi connectivity index (χ0v) is 31.8. The normalized spacial score (nSPS) is 12.1. The number of nitrogens with zero attached hydrogens (tertiary/aromatic N) is 3. The van der Waals surface area contributed by atoms with Gasteiger partial charge in [-0.1, -0.05) is 146 Å². The van der Waals surface area contributed by atoms with Gasteiger partial charge in [0.2, 0.25) is 0 Å². The van der Waals surface area contributed by atoms with E-state index in [9.17, 15) is 0 Å². The molecular weight excluding hydrogens is 715 g/mol. The van der Waals surface area contributed by atoms with Gasteiger partial charge in [-0.2, -0.15) is 0 Å². The summed E-state index contributed by atoms with van der Waals surface area (Å²) < 4.78 is 9.15. The molecule has 5 heteroatoms. The molecule has 0 N–H and O–H groups in total. The van der Waals surface area contributed by atoms with E-state index in [0.29, 0.717) is 17.5 Å². The SMILES string of the molecule is Cc1ccccc1/C=C(\c1ccccc1)c1nc(-c2ccccc2)nc(-c2cccc3oc4ccc(-c5ccc6sc7c8ccccc8ccc7c6c5)cc4c23)n1. The molecule has 8 aromatic carbocycles. The molecule has 4 nitrogen and oxygen atoms in total. The highest BCUT2D eigenvalue weighted by atomic mass is 32.1. The lowest BCUT2D eigenvalue weighted by Gasteiger charge is -2.13. The molecule has 0 spiro atoms. The minimum absolute atomic E-state index is 0.586. The number of benzene rings is 8. The number of fused-ring (bicyclic) bond motifs is 8. The Kier molecular flexibility index (Phi) is 7.86. The van der Waals surface area contributed by atoms with E-state index in [1.54, 1.807) is 0 Å². The van der Waals surface area contributed by atoms with E-state index in [4.69, 9.17) is 19.4 Å². The van der Waals surface area contributed by atoms with Gasteiger partial charge in [-0.05, 0) is 81.9 Å². The molecule has 0 aliphatic rings. The highest BCUT2D eigenvalue weighted by molar-refractivity contribution is 7.26. The summed E-state index contributed by atoms with van der Waals surface area (Å²) in [7, 11) is 0. The third-order valence-corrected chi connectivity index (χ3v) is 12.1. The molecule has 11 aromatic rings. The maximum atomic E-state index is 6.54. The van der Waals surface area contributed by atoms with E-state index in [0.717, 1.165) is 60.9 Å². The predicted octanol–water partition coefficient (Wildman–Crippen LogP) is 14.2. The molecule has 268 valence electrons. The number of furan rings is 1. The number of aryl methyl sites for hydroxylation is 1. The van der Waals surface area contributed by atoms with Crippen LogP contribution in [0.25, 0.3) is 98.4 Å². The molecule has 0 unspecified atom stereocenters. The Labute approximate surface area is 333 Å². The number of rotatable bonds is 6. The molecule has 3 heterocycles. The van der Waals surface area contributed by atoms with Crippen LogP contribution in [-0.2, 0) is 0 Å². The standard InChI is InChI=1S/C52H33N3OS/c1-32-13-8-9-19-36(32)29-42(33-14-4-2-5-15-33)52-54-50(35-17-6-3-7-18-35)53-51(55-52)41-21-12-22-46-48(41)44-31-37(24-27-45(44)56-46)38-25-28-47-43(30-38)40-26-23-34-16-10-11-20-39(34)49(40)57-47/h2-31H,1H3/b42-29+. The second kappa shape index (κ2) is 13.5. The summed E-state index contributed by atoms with van der Waals surface area (Å²) in [6, 6.07) is 61.5. The van der Waals surface area contributed by atoms with Crippen molar-refractivity contribution in [3.8, 4) is 33.9 Å². The first-order valence-electron chi connectivity index (χ1n) is 19.1. The van der Waals surface area contributed by atoms with Crippen LogP contribution in [0, 0.1) is 6.92 Å². The van der Waals surface area contributed by atoms with Crippen molar-refractivity contribution in [3.63, 3.8) is 0 Å². The highest BCUT2D eigenvalue weighted by Crippen LogP contribution is 2.42. The monoisotopic (exact) mass is 747 g/mol. The maximum Gasteiger partial charge on any atom is 0.164 e. The Morgan fingerprint density at radius 2 is 1.26 bits per heavy atom. The van der Waals surface area contributed by atoms with Gasteiger partial charge < -0.3 is 4.42 Å². The Bertz CT molecular complexity index is 3360. The van der Waals surface area contributed by atoms with Crippen molar-refractivity contribution in [2.24, 2.45) is 0 Å². The minimum atomic E-state index is 0.586. The average Bonchev–Trinajstić information content (AvgIpc) is 3.85. The quantitative estimate of drug-likeness (QED) is 0.159. The summed E-state index contributed by atoms with van der Waals surface area (Å²) in [6.45, 7) is 2.13. The van der Waals surface area contributed by atoms with E-state index in [-0.39, 0.29) is 0 Å². The smallest absolute Gasteiger partial charge is 0.164 e. The van der Waals surface area contributed by atoms with Crippen molar-refractivity contribution < 1.29 is 4.42 Å². The summed E-state index contributed by atoms with van der Waals surface area (Å²) >= 11 is 1.86. The number of aromatic nitrogens is 3. The van der Waals surface area contributed by atoms with Gasteiger partial charge in [0, 0.05) is 47.6 Å². The Morgan fingerprint density at radius 3 is 2.12 bits per heavy atom. The second-order valence-electron chi connectivity index (χ2n) is 14.4. The minimum Gasteiger partial charge on any atom is -0.456 e. The van der Waals surface area contributed by atoms with Gasteiger partial charge in [0.25, 0.3) is 0 Å². The lowest BCUT2D eigenvalue weighted by molar-refractivity contribution is 0.669. The fraction of sp³-hybridized carbons (Fsp3) is 0.0192. The van der Waals surface area contributed by atoms with Crippen molar-refractivity contribution in [1.82, 2.24) is 15.0 Å². The lowest BCUT2D eigenvalue weighted by Crippen LogP contribution is -2.04. The summed E-state index contributed by atoms with van der Waals surface area (Å²) in [5, 5.41) is 7.12. The topological polar surface area (TPSA) is 51.8 Å². The Hall–Kier alpha value is -7.21. The summed E-state index contributed by atoms with van der Waals surface area (Å²) in [5.41, 5.74) is 9.91. The van der Waals surface area contributed by atoms with E-state index >= 15 is 0 Å². The zero-order valence-electron chi connectivity index (χ0n) is 31.0. The van der Waals surface area contributed by atoms with Crippen molar-refractivity contribution in [1.29, 1.82) is 0 Å². The van der Waals surface area contributed by atoms with Crippen LogP contribution >= 0.6 is 11.3 Å². The summed E-state index contributed by atoms with van der Waals surface area (Å²) in [4.78, 5) is 15.6. The van der Waals surface area contributed by atoms with Gasteiger partial charge in [0.05, 0.1) is 0 Å². The van der Waals surface area contributed by atoms with Gasteiger partial charge in [0.15, 0.2) is 17.5 Å². The fourth-order valence-corrected chi connectivity index (χ4v) is 9.23. The van der Waals surface area contributed by atoms with Crippen LogP contribution in [0.1, 0.15) is 22.5 Å². The van der Waals surface area contributed by atoms with Gasteiger partial charge in [0.1, 0.15) is 11.2 Å². The molecule has 0 amide bonds. The molecule has 0 radical (unpaired) electrons. The van der Waals surface area contributed by atoms with Crippen LogP contribution in [-0.4, -0.2) is 15.0 Å². The Balaban J connectivity index is 1.11. The van der Waals surface area contributed by atoms with Crippen molar-refractivity contribution in [2.45, 2.75) is 6.92 Å². The first-order valence-corrected chi connectivity index (χ1v) is 19.9. The van der Waals surface area contributed by atoms with Crippen LogP contribution in [0.4, 0.5) is 0 Å². The molecule has 0 saturated heterocycles. The molecule has 11 rings (SSSR count). The summed E-state index contributed by atoms with van der Waals surface area (Å²) in [5.74, 6) is 1.79. The van der Waals surface area contributed by atoms with E-state index in [1.165, 1.54) is 36.5 Å². The number of hydrogen-bond donors (Lipinski definition) is 0. The van der Waals surface area contributed by atoms with Crippen molar-refractivity contribution in [2.75, 3.05) is 0 Å². The molecule has 0 aliphatic heterocycles. The average molecular weight is 748 g/mol. The van der Waals surface area contributed by atoms with Gasteiger partial charge in [-0.25, -0.2) is 15.0 Å². The summed E-state index contributed by atoms with van der Waals surface area (Å²) in [6.07, 6.45) is 2.19. The van der Waals surface area contributed by atoms with Crippen LogP contribution in [0.15, 0.2) is 180 Å². The molecule has 57 heavy (non-hydrogen) atoms. The van der Waals surface area contributed by atoms with Crippen LogP contribution in [0.2, 0.25) is 0 Å². The third-order valence-electron chi connectivity index (χ3n) is 10.9. The first-order chi connectivity index (χ1) is 28.1. The molecule has 0 atom stereocenters. The van der Waals surface area contributed by atoms with E-state index in [2.05, 4.69) is 140 Å². The van der Waals surface area contributed by atoms with Crippen LogP contribution in [0.3, 0.4) is 0 Å². The first kappa shape index (κ1) is 33.2. The highest BCUT2D eigenvalue weighted by Gasteiger charge is 2.20. The zero-order chi connectivity index (χ0) is 37.9. The molecule has 0 bridgehead atoms. The van der Waals surface area contributed by atoms with Crippen molar-refractivity contribution in [3.05, 3.63) is 198 Å². The van der Waals surface area contributed by atoms with Gasteiger partial charge in [-0.3, -0.25) is 0 Å². The molecule has 0 aliphatic carbocycles. The van der Waals surface area contributed by atoms with Gasteiger partial charge >= 0.3 is 0 Å². The van der Waals surface area contributed by atoms with Gasteiger partial charge in [-0.15, -0.1) is 11.3 Å². The third kappa shape index (κ3) is 5.79. The molecule has 3 aromatic heterocycles. The lowest BCUT2D eigenvalue weighted by atomic mass is 9.98. The second-order valence-corrected chi connectivity index (χ2v) is 15.5.